The summed E-state index contributed by atoms with van der Waals surface area (Å²) < 4.78 is 7.11. The first kappa shape index (κ1) is 20.5. The maximum atomic E-state index is 12.6. The van der Waals surface area contributed by atoms with Gasteiger partial charge in [-0.15, -0.1) is 0 Å². The van der Waals surface area contributed by atoms with Gasteiger partial charge in [0.15, 0.2) is 0 Å². The van der Waals surface area contributed by atoms with E-state index in [0.717, 1.165) is 18.5 Å². The third-order valence-electron chi connectivity index (χ3n) is 5.35. The molecule has 1 N–H and O–H groups in total. The summed E-state index contributed by atoms with van der Waals surface area (Å²) in [4.78, 5) is 27.2. The molecule has 1 amide bonds. The van der Waals surface area contributed by atoms with Crippen molar-refractivity contribution in [1.29, 1.82) is 0 Å². The number of rotatable bonds is 5. The normalized spacial score (nSPS) is 21.0. The van der Waals surface area contributed by atoms with Gasteiger partial charge in [0.25, 0.3) is 5.56 Å². The van der Waals surface area contributed by atoms with Gasteiger partial charge in [-0.2, -0.15) is 5.10 Å². The van der Waals surface area contributed by atoms with Gasteiger partial charge in [0.1, 0.15) is 0 Å². The molecule has 0 bridgehead atoms. The van der Waals surface area contributed by atoms with Crippen LogP contribution in [0.15, 0.2) is 29.1 Å². The number of aromatic nitrogens is 2. The van der Waals surface area contributed by atoms with E-state index in [0.29, 0.717) is 17.6 Å². The first-order valence-electron chi connectivity index (χ1n) is 9.79. The molecule has 1 aliphatic rings. The average molecular weight is 386 g/mol. The van der Waals surface area contributed by atoms with Gasteiger partial charge in [-0.05, 0) is 33.8 Å². The van der Waals surface area contributed by atoms with Crippen molar-refractivity contribution in [3.05, 3.63) is 40.3 Å². The van der Waals surface area contributed by atoms with Crippen molar-refractivity contribution in [1.82, 2.24) is 20.0 Å². The Kier molecular flexibility index (Phi) is 5.86. The van der Waals surface area contributed by atoms with Crippen LogP contribution in [0.2, 0.25) is 0 Å². The maximum Gasteiger partial charge on any atom is 0.274 e. The first-order chi connectivity index (χ1) is 13.2. The summed E-state index contributed by atoms with van der Waals surface area (Å²) in [5.74, 6) is -0.0984. The minimum absolute atomic E-state index is 0.0984. The second-order valence-corrected chi connectivity index (χ2v) is 8.35. The van der Waals surface area contributed by atoms with Crippen LogP contribution in [0.1, 0.15) is 33.4 Å². The summed E-state index contributed by atoms with van der Waals surface area (Å²) in [6, 6.07) is 7.28. The molecule has 7 heteroatoms. The lowest BCUT2D eigenvalue weighted by Crippen LogP contribution is -2.58. The monoisotopic (exact) mass is 386 g/mol. The van der Waals surface area contributed by atoms with E-state index in [9.17, 15) is 9.59 Å². The smallest absolute Gasteiger partial charge is 0.274 e. The summed E-state index contributed by atoms with van der Waals surface area (Å²) in [5, 5.41) is 8.67. The van der Waals surface area contributed by atoms with Crippen LogP contribution in [0.3, 0.4) is 0 Å². The van der Waals surface area contributed by atoms with Gasteiger partial charge in [0, 0.05) is 37.6 Å². The molecule has 1 fully saturated rings. The van der Waals surface area contributed by atoms with Crippen molar-refractivity contribution in [2.45, 2.75) is 51.9 Å². The molecule has 2 unspecified atom stereocenters. The van der Waals surface area contributed by atoms with Crippen LogP contribution < -0.4 is 10.9 Å². The predicted molar refractivity (Wildman–Crippen MR) is 109 cm³/mol. The minimum atomic E-state index is -0.180. The largest absolute Gasteiger partial charge is 0.373 e. The van der Waals surface area contributed by atoms with Gasteiger partial charge in [0.05, 0.1) is 29.7 Å². The molecule has 1 saturated heterocycles. The van der Waals surface area contributed by atoms with Crippen molar-refractivity contribution in [3.8, 4) is 0 Å². The summed E-state index contributed by atoms with van der Waals surface area (Å²) in [6.07, 6.45) is 0.500. The highest BCUT2D eigenvalue weighted by molar-refractivity contribution is 5.88. The topological polar surface area (TPSA) is 76.5 Å². The average Bonchev–Trinajstić information content (AvgIpc) is 2.63. The lowest BCUT2D eigenvalue weighted by molar-refractivity contribution is -0.122. The fraction of sp³-hybridized carbons (Fsp3) is 0.571. The van der Waals surface area contributed by atoms with E-state index in [1.54, 1.807) is 13.1 Å². The highest BCUT2D eigenvalue weighted by atomic mass is 16.5. The molecule has 28 heavy (non-hydrogen) atoms. The number of amides is 1. The van der Waals surface area contributed by atoms with Crippen molar-refractivity contribution in [2.75, 3.05) is 19.6 Å². The highest BCUT2D eigenvalue weighted by Gasteiger charge is 2.33. The van der Waals surface area contributed by atoms with E-state index in [1.165, 1.54) is 4.68 Å². The molecule has 1 aromatic carbocycles. The second kappa shape index (κ2) is 8.01. The number of hydrogen-bond donors (Lipinski definition) is 1. The number of morpholine rings is 1. The quantitative estimate of drug-likeness (QED) is 0.842. The molecule has 1 aliphatic heterocycles. The lowest BCUT2D eigenvalue weighted by Gasteiger charge is -2.45. The molecule has 0 aliphatic carbocycles. The summed E-state index contributed by atoms with van der Waals surface area (Å²) >= 11 is 0. The third-order valence-corrected chi connectivity index (χ3v) is 5.35. The molecule has 2 atom stereocenters. The molecule has 3 rings (SSSR count). The van der Waals surface area contributed by atoms with Crippen LogP contribution >= 0.6 is 0 Å². The van der Waals surface area contributed by atoms with Crippen LogP contribution in [0, 0.1) is 0 Å². The molecule has 152 valence electrons. The Labute approximate surface area is 165 Å². The van der Waals surface area contributed by atoms with Crippen LogP contribution in [0.5, 0.6) is 0 Å². The molecule has 7 nitrogen and oxygen atoms in total. The van der Waals surface area contributed by atoms with Gasteiger partial charge < -0.3 is 10.1 Å². The molecule has 2 heterocycles. The predicted octanol–water partition coefficient (Wildman–Crippen LogP) is 1.48. The van der Waals surface area contributed by atoms with E-state index in [1.807, 2.05) is 18.2 Å². The van der Waals surface area contributed by atoms with Gasteiger partial charge in [-0.1, -0.05) is 18.2 Å². The molecule has 0 saturated carbocycles. The molecular weight excluding hydrogens is 356 g/mol. The second-order valence-electron chi connectivity index (χ2n) is 8.35. The number of hydrogen-bond acceptors (Lipinski definition) is 5. The number of carbonyl (C=O) groups is 1. The number of nitrogens with one attached hydrogen (secondary N) is 1. The minimum Gasteiger partial charge on any atom is -0.373 e. The van der Waals surface area contributed by atoms with Crippen LogP contribution in [-0.2, 0) is 23.0 Å². The van der Waals surface area contributed by atoms with Crippen molar-refractivity contribution in [3.63, 3.8) is 0 Å². The van der Waals surface area contributed by atoms with E-state index in [4.69, 9.17) is 4.74 Å². The Hall–Kier alpha value is -2.25. The summed E-state index contributed by atoms with van der Waals surface area (Å²) in [6.45, 7) is 10.7. The number of ether oxygens (including phenoxy) is 1. The van der Waals surface area contributed by atoms with Gasteiger partial charge in [-0.25, -0.2) is 4.68 Å². The van der Waals surface area contributed by atoms with Gasteiger partial charge >= 0.3 is 0 Å². The Morgan fingerprint density at radius 3 is 2.46 bits per heavy atom. The third kappa shape index (κ3) is 4.42. The maximum absolute atomic E-state index is 12.6. The van der Waals surface area contributed by atoms with Crippen LogP contribution in [-0.4, -0.2) is 58.0 Å². The number of nitrogens with zero attached hydrogens (tertiary/aromatic N) is 3. The standard InChI is InChI=1S/C21H30N4O3/c1-14-11-25(12-15(2)28-14)21(3,4)13-22-19(26)10-18-16-8-6-7-9-17(16)20(27)24(5)23-18/h6-9,14-15H,10-13H2,1-5H3,(H,22,26). The van der Waals surface area contributed by atoms with Gasteiger partial charge in [-0.3, -0.25) is 14.5 Å². The Bertz CT molecular complexity index is 911. The number of aryl methyl sites for hydroxylation is 1. The van der Waals surface area contributed by atoms with E-state index in [2.05, 4.69) is 43.0 Å². The molecule has 1 aromatic heterocycles. The highest BCUT2D eigenvalue weighted by Crippen LogP contribution is 2.21. The van der Waals surface area contributed by atoms with Crippen LogP contribution in [0.25, 0.3) is 10.8 Å². The fourth-order valence-corrected chi connectivity index (χ4v) is 3.82. The molecule has 0 radical (unpaired) electrons. The molecule has 0 spiro atoms. The van der Waals surface area contributed by atoms with Crippen molar-refractivity contribution >= 4 is 16.7 Å². The Morgan fingerprint density at radius 1 is 1.21 bits per heavy atom. The van der Waals surface area contributed by atoms with Crippen molar-refractivity contribution in [2.24, 2.45) is 7.05 Å². The fourth-order valence-electron chi connectivity index (χ4n) is 3.82. The van der Waals surface area contributed by atoms with Crippen LogP contribution in [0.4, 0.5) is 0 Å². The number of fused-ring (bicyclic) bond motifs is 1. The Morgan fingerprint density at radius 2 is 1.82 bits per heavy atom. The van der Waals surface area contributed by atoms with Gasteiger partial charge in [0.2, 0.25) is 5.91 Å². The zero-order chi connectivity index (χ0) is 20.5. The summed E-state index contributed by atoms with van der Waals surface area (Å²) in [7, 11) is 1.61. The van der Waals surface area contributed by atoms with E-state index < -0.39 is 0 Å². The first-order valence-corrected chi connectivity index (χ1v) is 9.79. The zero-order valence-corrected chi connectivity index (χ0v) is 17.4. The SMILES string of the molecule is CC1CN(C(C)(C)CNC(=O)Cc2nn(C)c(=O)c3ccccc23)CC(C)O1. The lowest BCUT2D eigenvalue weighted by atomic mass is 10.00. The molecular formula is C21H30N4O3. The molecule has 2 aromatic rings. The zero-order valence-electron chi connectivity index (χ0n) is 17.4. The summed E-state index contributed by atoms with van der Waals surface area (Å²) in [5.41, 5.74) is 0.277. The Balaban J connectivity index is 1.69. The number of carbonyl (C=O) groups excluding carboxylic acids is 1. The van der Waals surface area contributed by atoms with Crippen molar-refractivity contribution < 1.29 is 9.53 Å². The van der Waals surface area contributed by atoms with E-state index in [-0.39, 0.29) is 35.6 Å². The van der Waals surface area contributed by atoms with E-state index >= 15 is 0 Å². The number of benzene rings is 1.